The molecule has 1 saturated heterocycles. The molecule has 0 aliphatic carbocycles. The van der Waals surface area contributed by atoms with Gasteiger partial charge in [0.25, 0.3) is 10.0 Å². The van der Waals surface area contributed by atoms with Crippen LogP contribution >= 0.6 is 0 Å². The molecule has 1 fully saturated rings. The molecular weight excluding hydrogens is 296 g/mol. The number of nitrogens with zero attached hydrogens (tertiary/aromatic N) is 2. The number of sulfonamides is 1. The highest BCUT2D eigenvalue weighted by molar-refractivity contribution is 7.89. The molecule has 0 bridgehead atoms. The summed E-state index contributed by atoms with van der Waals surface area (Å²) in [7, 11) is -1.08. The van der Waals surface area contributed by atoms with E-state index in [0.29, 0.717) is 6.54 Å². The minimum Gasteiger partial charge on any atom is -0.506 e. The van der Waals surface area contributed by atoms with Gasteiger partial charge in [0.05, 0.1) is 7.11 Å². The van der Waals surface area contributed by atoms with Crippen molar-refractivity contribution in [1.82, 2.24) is 9.21 Å². The minimum atomic E-state index is -4.03. The lowest BCUT2D eigenvalue weighted by atomic mass is 10.2. The zero-order chi connectivity index (χ0) is 15.8. The fourth-order valence-corrected chi connectivity index (χ4v) is 4.17. The second-order valence-corrected chi connectivity index (χ2v) is 6.69. The van der Waals surface area contributed by atoms with Crippen LogP contribution in [0, 0.1) is 0 Å². The van der Waals surface area contributed by atoms with Crippen LogP contribution in [0.1, 0.15) is 6.92 Å². The number of piperazine rings is 1. The normalized spacial score (nSPS) is 20.6. The fraction of sp³-hybridized carbons (Fsp3) is 0.462. The van der Waals surface area contributed by atoms with E-state index in [-0.39, 0.29) is 23.1 Å². The van der Waals surface area contributed by atoms with E-state index in [9.17, 15) is 18.3 Å². The van der Waals surface area contributed by atoms with Crippen molar-refractivity contribution in [3.05, 3.63) is 18.2 Å². The lowest BCUT2D eigenvalue weighted by Crippen LogP contribution is -2.56. The predicted molar refractivity (Wildman–Crippen MR) is 75.6 cm³/mol. The first-order chi connectivity index (χ1) is 9.80. The molecule has 0 spiro atoms. The Morgan fingerprint density at radius 2 is 2.00 bits per heavy atom. The number of amides is 1. The zero-order valence-corrected chi connectivity index (χ0v) is 12.9. The summed E-state index contributed by atoms with van der Waals surface area (Å²) >= 11 is 0. The number of carbonyl (C=O) groups is 1. The number of methoxy groups -OCH3 is 1. The summed E-state index contributed by atoms with van der Waals surface area (Å²) in [6, 6.07) is 3.40. The Balaban J connectivity index is 2.51. The van der Waals surface area contributed by atoms with Crippen LogP contribution in [-0.2, 0) is 14.8 Å². The maximum atomic E-state index is 12.8. The molecule has 1 aliphatic rings. The van der Waals surface area contributed by atoms with Crippen LogP contribution in [0.5, 0.6) is 11.5 Å². The molecule has 7 nitrogen and oxygen atoms in total. The second kappa shape index (κ2) is 5.53. The van der Waals surface area contributed by atoms with Crippen molar-refractivity contribution in [3.8, 4) is 11.5 Å². The first-order valence-electron chi connectivity index (χ1n) is 6.43. The van der Waals surface area contributed by atoms with Crippen LogP contribution in [0.2, 0.25) is 0 Å². The van der Waals surface area contributed by atoms with Gasteiger partial charge in [-0.1, -0.05) is 6.07 Å². The molecule has 0 radical (unpaired) electrons. The molecule has 0 saturated carbocycles. The molecule has 1 amide bonds. The number of likely N-dealkylation sites (N-methyl/N-ethyl adjacent to an activating group) is 1. The standard InChI is InChI=1S/C13H18N2O5S/c1-9-13(17)14(2)7-8-15(9)21(18,19)12-10(16)5-4-6-11(12)20-3/h4-6,9,16H,7-8H2,1-3H3. The van der Waals surface area contributed by atoms with E-state index >= 15 is 0 Å². The molecule has 1 atom stereocenters. The number of hydrogen-bond acceptors (Lipinski definition) is 5. The number of hydrogen-bond donors (Lipinski definition) is 1. The smallest absolute Gasteiger partial charge is 0.251 e. The van der Waals surface area contributed by atoms with E-state index < -0.39 is 21.8 Å². The van der Waals surface area contributed by atoms with Gasteiger partial charge >= 0.3 is 0 Å². The number of rotatable bonds is 3. The highest BCUT2D eigenvalue weighted by Crippen LogP contribution is 2.35. The Labute approximate surface area is 123 Å². The molecule has 1 N–H and O–H groups in total. The molecule has 8 heteroatoms. The topological polar surface area (TPSA) is 87.2 Å². The average molecular weight is 314 g/mol. The summed E-state index contributed by atoms with van der Waals surface area (Å²) in [5, 5.41) is 9.91. The Hall–Kier alpha value is -1.80. The van der Waals surface area contributed by atoms with Crippen LogP contribution in [0.3, 0.4) is 0 Å². The summed E-state index contributed by atoms with van der Waals surface area (Å²) in [5.41, 5.74) is 0. The molecule has 2 rings (SSSR count). The molecule has 1 aromatic carbocycles. The van der Waals surface area contributed by atoms with E-state index in [1.807, 2.05) is 0 Å². The first-order valence-corrected chi connectivity index (χ1v) is 7.87. The van der Waals surface area contributed by atoms with E-state index in [0.717, 1.165) is 4.31 Å². The maximum absolute atomic E-state index is 12.8. The van der Waals surface area contributed by atoms with Gasteiger partial charge in [-0.3, -0.25) is 4.79 Å². The van der Waals surface area contributed by atoms with Crippen LogP contribution < -0.4 is 4.74 Å². The average Bonchev–Trinajstić information content (AvgIpc) is 2.43. The number of aromatic hydroxyl groups is 1. The predicted octanol–water partition coefficient (Wildman–Crippen LogP) is 0.252. The van der Waals surface area contributed by atoms with Gasteiger partial charge in [0.15, 0.2) is 4.90 Å². The van der Waals surface area contributed by atoms with Gasteiger partial charge < -0.3 is 14.7 Å². The van der Waals surface area contributed by atoms with Crippen LogP contribution in [0.4, 0.5) is 0 Å². The summed E-state index contributed by atoms with van der Waals surface area (Å²) in [4.78, 5) is 13.2. The first kappa shape index (κ1) is 15.6. The van der Waals surface area contributed by atoms with E-state index in [1.165, 1.54) is 37.1 Å². The number of benzene rings is 1. The molecule has 0 aromatic heterocycles. The van der Waals surface area contributed by atoms with Gasteiger partial charge in [-0.15, -0.1) is 0 Å². The number of carbonyl (C=O) groups excluding carboxylic acids is 1. The van der Waals surface area contributed by atoms with E-state index in [4.69, 9.17) is 4.74 Å². The molecular formula is C13H18N2O5S. The van der Waals surface area contributed by atoms with Crippen molar-refractivity contribution >= 4 is 15.9 Å². The minimum absolute atomic E-state index is 0.0496. The molecule has 21 heavy (non-hydrogen) atoms. The van der Waals surface area contributed by atoms with Crippen molar-refractivity contribution in [2.75, 3.05) is 27.2 Å². The van der Waals surface area contributed by atoms with Gasteiger partial charge in [0.1, 0.15) is 17.5 Å². The van der Waals surface area contributed by atoms with Crippen molar-refractivity contribution in [2.45, 2.75) is 17.9 Å². The quantitative estimate of drug-likeness (QED) is 0.864. The van der Waals surface area contributed by atoms with Gasteiger partial charge in [0, 0.05) is 20.1 Å². The third-order valence-corrected chi connectivity index (χ3v) is 5.61. The van der Waals surface area contributed by atoms with Gasteiger partial charge in [0.2, 0.25) is 5.91 Å². The Morgan fingerprint density at radius 1 is 1.33 bits per heavy atom. The Kier molecular flexibility index (Phi) is 4.11. The third kappa shape index (κ3) is 2.56. The highest BCUT2D eigenvalue weighted by Gasteiger charge is 2.40. The zero-order valence-electron chi connectivity index (χ0n) is 12.1. The van der Waals surface area contributed by atoms with Gasteiger partial charge in [-0.25, -0.2) is 8.42 Å². The molecule has 1 unspecified atom stereocenters. The summed E-state index contributed by atoms with van der Waals surface area (Å²) in [6.45, 7) is 2.00. The number of phenolic OH excluding ortho intramolecular Hbond substituents is 1. The highest BCUT2D eigenvalue weighted by atomic mass is 32.2. The SMILES string of the molecule is COc1cccc(O)c1S(=O)(=O)N1CCN(C)C(=O)C1C. The summed E-state index contributed by atoms with van der Waals surface area (Å²) in [6.07, 6.45) is 0. The van der Waals surface area contributed by atoms with Crippen molar-refractivity contribution < 1.29 is 23.1 Å². The number of phenols is 1. The monoisotopic (exact) mass is 314 g/mol. The lowest BCUT2D eigenvalue weighted by molar-refractivity contribution is -0.136. The molecule has 116 valence electrons. The van der Waals surface area contributed by atoms with Crippen LogP contribution in [-0.4, -0.2) is 61.9 Å². The van der Waals surface area contributed by atoms with Gasteiger partial charge in [-0.05, 0) is 19.1 Å². The number of ether oxygens (including phenoxy) is 1. The van der Waals surface area contributed by atoms with E-state index in [1.54, 1.807) is 7.05 Å². The van der Waals surface area contributed by atoms with Crippen molar-refractivity contribution in [1.29, 1.82) is 0 Å². The summed E-state index contributed by atoms with van der Waals surface area (Å²) < 4.78 is 31.6. The van der Waals surface area contributed by atoms with Crippen molar-refractivity contribution in [2.24, 2.45) is 0 Å². The maximum Gasteiger partial charge on any atom is 0.251 e. The van der Waals surface area contributed by atoms with Crippen molar-refractivity contribution in [3.63, 3.8) is 0 Å². The lowest BCUT2D eigenvalue weighted by Gasteiger charge is -2.36. The molecule has 1 aromatic rings. The van der Waals surface area contributed by atoms with E-state index in [2.05, 4.69) is 0 Å². The summed E-state index contributed by atoms with van der Waals surface area (Å²) in [5.74, 6) is -0.624. The third-order valence-electron chi connectivity index (χ3n) is 3.57. The Morgan fingerprint density at radius 3 is 2.62 bits per heavy atom. The largest absolute Gasteiger partial charge is 0.506 e. The second-order valence-electron chi connectivity index (χ2n) is 4.86. The molecule has 1 heterocycles. The molecule has 1 aliphatic heterocycles. The van der Waals surface area contributed by atoms with Crippen LogP contribution in [0.15, 0.2) is 23.1 Å². The fourth-order valence-electron chi connectivity index (χ4n) is 2.36. The Bertz CT molecular complexity index is 659. The van der Waals surface area contributed by atoms with Crippen LogP contribution in [0.25, 0.3) is 0 Å². The van der Waals surface area contributed by atoms with Gasteiger partial charge in [-0.2, -0.15) is 4.31 Å².